The lowest BCUT2D eigenvalue weighted by molar-refractivity contribution is 0.193. The molecule has 6 nitrogen and oxygen atoms in total. The predicted octanol–water partition coefficient (Wildman–Crippen LogP) is 2.90. The summed E-state index contributed by atoms with van der Waals surface area (Å²) in [4.78, 5) is 14.9. The lowest BCUT2D eigenvalue weighted by Gasteiger charge is -2.24. The molecule has 1 aliphatic carbocycles. The van der Waals surface area contributed by atoms with Crippen LogP contribution in [-0.4, -0.2) is 35.3 Å². The molecule has 0 spiro atoms. The number of nitrogens with two attached hydrogens (primary N) is 1. The smallest absolute Gasteiger partial charge is 0.316 e. The lowest BCUT2D eigenvalue weighted by Crippen LogP contribution is -2.34. The predicted molar refractivity (Wildman–Crippen MR) is 100 cm³/mol. The van der Waals surface area contributed by atoms with E-state index in [2.05, 4.69) is 5.10 Å². The first kappa shape index (κ1) is 18.7. The van der Waals surface area contributed by atoms with Crippen molar-refractivity contribution < 1.29 is 9.13 Å². The quantitative estimate of drug-likeness (QED) is 0.780. The van der Waals surface area contributed by atoms with E-state index < -0.39 is 11.7 Å². The van der Waals surface area contributed by atoms with E-state index in [0.29, 0.717) is 35.8 Å². The van der Waals surface area contributed by atoms with Crippen molar-refractivity contribution in [2.75, 3.05) is 18.1 Å². The number of alkyl halides is 1. The van der Waals surface area contributed by atoms with E-state index in [9.17, 15) is 9.18 Å². The summed E-state index contributed by atoms with van der Waals surface area (Å²) >= 11 is 6.03. The lowest BCUT2D eigenvalue weighted by atomic mass is 10.3. The number of hydrogen-bond acceptors (Lipinski definition) is 5. The zero-order valence-corrected chi connectivity index (χ0v) is 15.3. The second-order valence-corrected chi connectivity index (χ2v) is 6.68. The first-order chi connectivity index (χ1) is 12.5. The Morgan fingerprint density at radius 3 is 2.88 bits per heavy atom. The third kappa shape index (κ3) is 3.83. The summed E-state index contributed by atoms with van der Waals surface area (Å²) in [5.74, 6) is 0.145. The summed E-state index contributed by atoms with van der Waals surface area (Å²) in [6, 6.07) is 6.84. The average Bonchev–Trinajstić information content (AvgIpc) is 3.04. The minimum atomic E-state index is -0.891. The average molecular weight is 381 g/mol. The van der Waals surface area contributed by atoms with Crippen molar-refractivity contribution in [2.45, 2.75) is 38.5 Å². The molecule has 2 N–H and O–H groups in total. The van der Waals surface area contributed by atoms with Gasteiger partial charge in [-0.3, -0.25) is 4.79 Å². The Bertz CT molecular complexity index is 825. The van der Waals surface area contributed by atoms with Crippen LogP contribution in [0.4, 0.5) is 10.1 Å². The maximum atomic E-state index is 13.5. The normalized spacial score (nSPS) is 19.5. The number of halogens is 2. The van der Waals surface area contributed by atoms with Gasteiger partial charge in [-0.25, -0.2) is 4.39 Å². The molecule has 0 radical (unpaired) electrons. The number of nitrogens with zero attached hydrogens (tertiary/aromatic N) is 3. The Hall–Kier alpha value is -2.12. The highest BCUT2D eigenvalue weighted by Gasteiger charge is 2.28. The molecule has 1 aromatic heterocycles. The zero-order valence-electron chi connectivity index (χ0n) is 14.6. The highest BCUT2D eigenvalue weighted by molar-refractivity contribution is 6.30. The molecule has 0 amide bonds. The van der Waals surface area contributed by atoms with Gasteiger partial charge >= 0.3 is 5.56 Å². The highest BCUT2D eigenvalue weighted by Crippen LogP contribution is 2.30. The summed E-state index contributed by atoms with van der Waals surface area (Å²) in [7, 11) is 0. The fourth-order valence-corrected chi connectivity index (χ4v) is 3.30. The van der Waals surface area contributed by atoms with Crippen molar-refractivity contribution in [3.05, 3.63) is 45.8 Å². The molecule has 0 aliphatic heterocycles. The maximum absolute atomic E-state index is 13.5. The molecule has 0 saturated heterocycles. The molecule has 1 saturated carbocycles. The van der Waals surface area contributed by atoms with E-state index >= 15 is 0 Å². The summed E-state index contributed by atoms with van der Waals surface area (Å²) < 4.78 is 20.7. The first-order valence-corrected chi connectivity index (χ1v) is 9.05. The molecule has 2 unspecified atom stereocenters. The maximum Gasteiger partial charge on any atom is 0.316 e. The van der Waals surface area contributed by atoms with Crippen molar-refractivity contribution >= 4 is 17.3 Å². The summed E-state index contributed by atoms with van der Waals surface area (Å²) in [5, 5.41) is 4.75. The van der Waals surface area contributed by atoms with Gasteiger partial charge in [-0.1, -0.05) is 17.7 Å². The van der Waals surface area contributed by atoms with E-state index in [1.54, 1.807) is 35.4 Å². The van der Waals surface area contributed by atoms with Crippen molar-refractivity contribution in [1.82, 2.24) is 9.78 Å². The first-order valence-electron chi connectivity index (χ1n) is 8.67. The second-order valence-electron chi connectivity index (χ2n) is 6.24. The molecule has 26 heavy (non-hydrogen) atoms. The number of ether oxygens (including phenoxy) is 1. The summed E-state index contributed by atoms with van der Waals surface area (Å²) in [5.41, 5.74) is 6.42. The van der Waals surface area contributed by atoms with E-state index in [-0.39, 0.29) is 24.9 Å². The third-order valence-corrected chi connectivity index (χ3v) is 4.75. The molecule has 140 valence electrons. The van der Waals surface area contributed by atoms with Gasteiger partial charge in [0.25, 0.3) is 0 Å². The van der Waals surface area contributed by atoms with Crippen LogP contribution in [0.25, 0.3) is 5.69 Å². The minimum Gasteiger partial charge on any atom is -0.483 e. The van der Waals surface area contributed by atoms with Gasteiger partial charge in [0.05, 0.1) is 18.6 Å². The second kappa shape index (κ2) is 8.05. The van der Waals surface area contributed by atoms with Crippen LogP contribution >= 0.6 is 11.6 Å². The van der Waals surface area contributed by atoms with Crippen LogP contribution in [0.15, 0.2) is 35.3 Å². The fraction of sp³-hybridized carbons (Fsp3) is 0.444. The van der Waals surface area contributed by atoms with Gasteiger partial charge in [0.15, 0.2) is 0 Å². The molecule has 1 fully saturated rings. The van der Waals surface area contributed by atoms with Crippen LogP contribution in [0.5, 0.6) is 5.75 Å². The van der Waals surface area contributed by atoms with Gasteiger partial charge in [0.2, 0.25) is 5.75 Å². The van der Waals surface area contributed by atoms with Gasteiger partial charge in [-0.15, -0.1) is 0 Å². The van der Waals surface area contributed by atoms with Gasteiger partial charge < -0.3 is 15.4 Å². The standard InChI is InChI=1S/C18H22ClFN4O2/c1-2-23(11-21)16-10-22-24(14-5-3-4-12(19)8-14)18(25)17(16)26-15-7-6-13(20)9-15/h3-5,8,10,13,15H,2,6-7,9,11,21H2,1H3. The van der Waals surface area contributed by atoms with Crippen LogP contribution in [0.3, 0.4) is 0 Å². The summed E-state index contributed by atoms with van der Waals surface area (Å²) in [6.07, 6.45) is 1.64. The number of aromatic nitrogens is 2. The van der Waals surface area contributed by atoms with Crippen molar-refractivity contribution in [3.8, 4) is 11.4 Å². The number of hydrogen-bond donors (Lipinski definition) is 1. The van der Waals surface area contributed by atoms with Crippen LogP contribution in [0.2, 0.25) is 5.02 Å². The van der Waals surface area contributed by atoms with Gasteiger partial charge in [-0.2, -0.15) is 9.78 Å². The Balaban J connectivity index is 2.06. The Kier molecular flexibility index (Phi) is 5.78. The monoisotopic (exact) mass is 380 g/mol. The minimum absolute atomic E-state index is 0.145. The van der Waals surface area contributed by atoms with Crippen LogP contribution < -0.4 is 20.9 Å². The zero-order chi connectivity index (χ0) is 18.7. The highest BCUT2D eigenvalue weighted by atomic mass is 35.5. The molecular weight excluding hydrogens is 359 g/mol. The van der Waals surface area contributed by atoms with E-state index in [1.807, 2.05) is 6.92 Å². The molecule has 1 aliphatic rings. The largest absolute Gasteiger partial charge is 0.483 e. The van der Waals surface area contributed by atoms with Crippen LogP contribution in [0, 0.1) is 0 Å². The van der Waals surface area contributed by atoms with Gasteiger partial charge in [-0.05, 0) is 38.0 Å². The van der Waals surface area contributed by atoms with E-state index in [1.165, 1.54) is 4.68 Å². The number of rotatable bonds is 6. The van der Waals surface area contributed by atoms with Crippen molar-refractivity contribution in [2.24, 2.45) is 5.73 Å². The van der Waals surface area contributed by atoms with E-state index in [4.69, 9.17) is 22.1 Å². The molecule has 2 atom stereocenters. The van der Waals surface area contributed by atoms with Crippen LogP contribution in [0.1, 0.15) is 26.2 Å². The molecule has 2 aromatic rings. The molecule has 1 heterocycles. The molecular formula is C18H22ClFN4O2. The molecule has 8 heteroatoms. The fourth-order valence-electron chi connectivity index (χ4n) is 3.12. The van der Waals surface area contributed by atoms with Gasteiger partial charge in [0.1, 0.15) is 18.0 Å². The number of benzene rings is 1. The Morgan fingerprint density at radius 2 is 2.27 bits per heavy atom. The number of anilines is 1. The van der Waals surface area contributed by atoms with Crippen LogP contribution in [-0.2, 0) is 0 Å². The molecule has 0 bridgehead atoms. The third-order valence-electron chi connectivity index (χ3n) is 4.52. The van der Waals surface area contributed by atoms with Crippen molar-refractivity contribution in [1.29, 1.82) is 0 Å². The topological polar surface area (TPSA) is 73.4 Å². The Labute approximate surface area is 156 Å². The molecule has 1 aromatic carbocycles. The summed E-state index contributed by atoms with van der Waals surface area (Å²) in [6.45, 7) is 2.73. The molecule has 3 rings (SSSR count). The Morgan fingerprint density at radius 1 is 1.46 bits per heavy atom. The van der Waals surface area contributed by atoms with Gasteiger partial charge in [0, 0.05) is 18.0 Å². The van der Waals surface area contributed by atoms with E-state index in [0.717, 1.165) is 0 Å². The van der Waals surface area contributed by atoms with Crippen molar-refractivity contribution in [3.63, 3.8) is 0 Å². The SMILES string of the molecule is CCN(CN)c1cnn(-c2cccc(Cl)c2)c(=O)c1OC1CCC(F)C1.